The lowest BCUT2D eigenvalue weighted by atomic mass is 10.0. The van der Waals surface area contributed by atoms with Gasteiger partial charge in [0.2, 0.25) is 0 Å². The standard InChI is InChI=1S/C20H18N6O/c1-14-4-10-17(11-5-14)26-20(22-23-24-26)18(13-25(2)3)19(27)16-8-6-15(12-21)7-9-16/h4-11,13H,1-3H3. The molecule has 1 aromatic heterocycles. The third kappa shape index (κ3) is 3.90. The van der Waals surface area contributed by atoms with Crippen molar-refractivity contribution >= 4 is 11.4 Å². The second-order valence-electron chi connectivity index (χ2n) is 6.27. The molecule has 0 fully saturated rings. The molecule has 0 amide bonds. The van der Waals surface area contributed by atoms with Gasteiger partial charge in [-0.05, 0) is 53.7 Å². The first kappa shape index (κ1) is 18.0. The lowest BCUT2D eigenvalue weighted by Gasteiger charge is -2.12. The Balaban J connectivity index is 2.07. The van der Waals surface area contributed by atoms with Crippen molar-refractivity contribution in [2.75, 3.05) is 14.1 Å². The highest BCUT2D eigenvalue weighted by Crippen LogP contribution is 2.21. The fourth-order valence-corrected chi connectivity index (χ4v) is 2.54. The van der Waals surface area contributed by atoms with Gasteiger partial charge < -0.3 is 4.90 Å². The maximum absolute atomic E-state index is 13.1. The van der Waals surface area contributed by atoms with Crippen LogP contribution in [0.4, 0.5) is 0 Å². The molecule has 1 heterocycles. The van der Waals surface area contributed by atoms with E-state index in [-0.39, 0.29) is 5.78 Å². The van der Waals surface area contributed by atoms with Crippen LogP contribution in [0.15, 0.2) is 54.7 Å². The molecule has 0 saturated heterocycles. The molecule has 0 unspecified atom stereocenters. The van der Waals surface area contributed by atoms with Gasteiger partial charge in [-0.3, -0.25) is 4.79 Å². The van der Waals surface area contributed by atoms with Crippen LogP contribution >= 0.6 is 0 Å². The predicted molar refractivity (Wildman–Crippen MR) is 101 cm³/mol. The number of Topliss-reactive ketones (excluding diaryl/α,β-unsaturated/α-hetero) is 1. The second-order valence-corrected chi connectivity index (χ2v) is 6.27. The maximum Gasteiger partial charge on any atom is 0.198 e. The molecule has 0 bridgehead atoms. The van der Waals surface area contributed by atoms with E-state index in [0.29, 0.717) is 22.5 Å². The zero-order chi connectivity index (χ0) is 19.4. The van der Waals surface area contributed by atoms with E-state index >= 15 is 0 Å². The van der Waals surface area contributed by atoms with E-state index in [0.717, 1.165) is 11.3 Å². The van der Waals surface area contributed by atoms with Crippen molar-refractivity contribution in [3.05, 3.63) is 77.2 Å². The number of tetrazole rings is 1. The summed E-state index contributed by atoms with van der Waals surface area (Å²) >= 11 is 0. The van der Waals surface area contributed by atoms with Gasteiger partial charge >= 0.3 is 0 Å². The van der Waals surface area contributed by atoms with Gasteiger partial charge in [-0.2, -0.15) is 9.94 Å². The summed E-state index contributed by atoms with van der Waals surface area (Å²) in [5.74, 6) is 0.123. The molecular weight excluding hydrogens is 340 g/mol. The normalized spacial score (nSPS) is 11.1. The molecule has 0 N–H and O–H groups in total. The Morgan fingerprint density at radius 2 is 1.78 bits per heavy atom. The SMILES string of the molecule is Cc1ccc(-n2nnnc2C(=CN(C)C)C(=O)c2ccc(C#N)cc2)cc1. The van der Waals surface area contributed by atoms with Gasteiger partial charge in [0.25, 0.3) is 0 Å². The van der Waals surface area contributed by atoms with E-state index in [4.69, 9.17) is 5.26 Å². The van der Waals surface area contributed by atoms with Gasteiger partial charge in [-0.1, -0.05) is 17.7 Å². The second kappa shape index (κ2) is 7.62. The number of nitrogens with zero attached hydrogens (tertiary/aromatic N) is 6. The van der Waals surface area contributed by atoms with Crippen LogP contribution in [0.3, 0.4) is 0 Å². The monoisotopic (exact) mass is 358 g/mol. The summed E-state index contributed by atoms with van der Waals surface area (Å²) in [6.07, 6.45) is 1.69. The van der Waals surface area contributed by atoms with Gasteiger partial charge in [0.15, 0.2) is 11.6 Å². The van der Waals surface area contributed by atoms with Crippen LogP contribution in [0.5, 0.6) is 0 Å². The first-order valence-electron chi connectivity index (χ1n) is 8.28. The van der Waals surface area contributed by atoms with Gasteiger partial charge in [0.05, 0.1) is 22.9 Å². The van der Waals surface area contributed by atoms with Crippen LogP contribution in [0.2, 0.25) is 0 Å². The number of benzene rings is 2. The number of nitriles is 1. The highest BCUT2D eigenvalue weighted by atomic mass is 16.1. The third-order valence-corrected chi connectivity index (χ3v) is 3.90. The molecule has 2 aromatic carbocycles. The topological polar surface area (TPSA) is 87.7 Å². The smallest absolute Gasteiger partial charge is 0.198 e. The molecule has 27 heavy (non-hydrogen) atoms. The summed E-state index contributed by atoms with van der Waals surface area (Å²) in [7, 11) is 3.65. The number of hydrogen-bond donors (Lipinski definition) is 0. The Kier molecular flexibility index (Phi) is 5.08. The van der Waals surface area contributed by atoms with Crippen molar-refractivity contribution in [3.8, 4) is 11.8 Å². The summed E-state index contributed by atoms with van der Waals surface area (Å²) in [4.78, 5) is 14.9. The summed E-state index contributed by atoms with van der Waals surface area (Å²) in [5.41, 5.74) is 3.19. The van der Waals surface area contributed by atoms with Crippen molar-refractivity contribution in [3.63, 3.8) is 0 Å². The number of aryl methyl sites for hydroxylation is 1. The third-order valence-electron chi connectivity index (χ3n) is 3.90. The van der Waals surface area contributed by atoms with Gasteiger partial charge in [0, 0.05) is 25.9 Å². The summed E-state index contributed by atoms with van der Waals surface area (Å²) in [6.45, 7) is 2.00. The number of aromatic nitrogens is 4. The maximum atomic E-state index is 13.1. The number of carbonyl (C=O) groups is 1. The quantitative estimate of drug-likeness (QED) is 0.515. The van der Waals surface area contributed by atoms with E-state index in [1.807, 2.05) is 51.4 Å². The summed E-state index contributed by atoms with van der Waals surface area (Å²) in [5, 5.41) is 20.8. The lowest BCUT2D eigenvalue weighted by Crippen LogP contribution is -2.13. The van der Waals surface area contributed by atoms with Gasteiger partial charge in [0.1, 0.15) is 0 Å². The predicted octanol–water partition coefficient (Wildman–Crippen LogP) is 2.63. The van der Waals surface area contributed by atoms with Crippen LogP contribution in [-0.4, -0.2) is 45.0 Å². The number of hydrogen-bond acceptors (Lipinski definition) is 6. The Morgan fingerprint density at radius 1 is 1.11 bits per heavy atom. The molecule has 3 rings (SSSR count). The van der Waals surface area contributed by atoms with Crippen LogP contribution in [-0.2, 0) is 0 Å². The molecular formula is C20H18N6O. The Morgan fingerprint density at radius 3 is 2.37 bits per heavy atom. The van der Waals surface area contributed by atoms with Crippen molar-refractivity contribution in [1.29, 1.82) is 5.26 Å². The average molecular weight is 358 g/mol. The van der Waals surface area contributed by atoms with E-state index < -0.39 is 0 Å². The van der Waals surface area contributed by atoms with Gasteiger partial charge in [-0.25, -0.2) is 0 Å². The van der Waals surface area contributed by atoms with E-state index in [1.165, 1.54) is 4.68 Å². The molecule has 0 spiro atoms. The molecule has 7 heteroatoms. The molecule has 0 aliphatic heterocycles. The van der Waals surface area contributed by atoms with E-state index in [9.17, 15) is 4.79 Å². The minimum Gasteiger partial charge on any atom is -0.383 e. The summed E-state index contributed by atoms with van der Waals surface area (Å²) in [6, 6.07) is 16.2. The van der Waals surface area contributed by atoms with Crippen molar-refractivity contribution < 1.29 is 4.79 Å². The van der Waals surface area contributed by atoms with Crippen LogP contribution in [0, 0.1) is 18.3 Å². The van der Waals surface area contributed by atoms with Crippen LogP contribution in [0.25, 0.3) is 11.3 Å². The lowest BCUT2D eigenvalue weighted by molar-refractivity contribution is 0.105. The Bertz CT molecular complexity index is 1020. The number of ketones is 1. The fraction of sp³-hybridized carbons (Fsp3) is 0.150. The van der Waals surface area contributed by atoms with E-state index in [2.05, 4.69) is 15.5 Å². The first-order valence-corrected chi connectivity index (χ1v) is 8.28. The average Bonchev–Trinajstić information content (AvgIpc) is 3.15. The zero-order valence-corrected chi connectivity index (χ0v) is 15.3. The minimum atomic E-state index is -0.226. The Labute approximate surface area is 157 Å². The molecule has 0 atom stereocenters. The number of carbonyl (C=O) groups excluding carboxylic acids is 1. The molecule has 134 valence electrons. The van der Waals surface area contributed by atoms with Crippen LogP contribution < -0.4 is 0 Å². The molecule has 7 nitrogen and oxygen atoms in total. The highest BCUT2D eigenvalue weighted by Gasteiger charge is 2.22. The molecule has 0 radical (unpaired) electrons. The molecule has 0 aliphatic rings. The fourth-order valence-electron chi connectivity index (χ4n) is 2.54. The Hall–Kier alpha value is -3.79. The molecule has 0 saturated carbocycles. The number of allylic oxidation sites excluding steroid dienone is 1. The first-order chi connectivity index (χ1) is 13.0. The van der Waals surface area contributed by atoms with Crippen LogP contribution in [0.1, 0.15) is 27.3 Å². The highest BCUT2D eigenvalue weighted by molar-refractivity contribution is 6.28. The van der Waals surface area contributed by atoms with E-state index in [1.54, 1.807) is 35.4 Å². The summed E-state index contributed by atoms with van der Waals surface area (Å²) < 4.78 is 1.54. The van der Waals surface area contributed by atoms with Crippen molar-refractivity contribution in [1.82, 2.24) is 25.1 Å². The van der Waals surface area contributed by atoms with Gasteiger partial charge in [-0.15, -0.1) is 5.10 Å². The molecule has 0 aliphatic carbocycles. The van der Waals surface area contributed by atoms with Crippen molar-refractivity contribution in [2.24, 2.45) is 0 Å². The van der Waals surface area contributed by atoms with Crippen molar-refractivity contribution in [2.45, 2.75) is 6.92 Å². The zero-order valence-electron chi connectivity index (χ0n) is 15.3. The number of rotatable bonds is 5. The minimum absolute atomic E-state index is 0.226. The molecule has 3 aromatic rings. The largest absolute Gasteiger partial charge is 0.383 e.